The highest BCUT2D eigenvalue weighted by molar-refractivity contribution is 5.82. The first-order chi connectivity index (χ1) is 7.45. The Kier molecular flexibility index (Phi) is 1.82. The average molecular weight is 193 g/mol. The van der Waals surface area contributed by atoms with Crippen molar-refractivity contribution in [2.75, 3.05) is 0 Å². The summed E-state index contributed by atoms with van der Waals surface area (Å²) in [5, 5.41) is 0. The van der Waals surface area contributed by atoms with E-state index in [9.17, 15) is 0 Å². The molecule has 3 rings (SSSR count). The molecule has 2 aliphatic rings. The summed E-state index contributed by atoms with van der Waals surface area (Å²) in [6, 6.07) is 19.0. The standard InChI is InChI=1S/C14H9O/c1-2-5-11(6-3-1)13-9-8-12-7-4-10-15-14(12)13/h2-10H. The van der Waals surface area contributed by atoms with Crippen molar-refractivity contribution in [3.63, 3.8) is 0 Å². The Morgan fingerprint density at radius 2 is 1.73 bits per heavy atom. The molecular formula is C14H9O. The molecule has 0 amide bonds. The fraction of sp³-hybridized carbons (Fsp3) is 0. The van der Waals surface area contributed by atoms with E-state index in [0.29, 0.717) is 0 Å². The molecule has 0 saturated carbocycles. The Hall–Kier alpha value is -2.02. The maximum atomic E-state index is 5.53. The molecule has 0 spiro atoms. The molecule has 0 bridgehead atoms. The highest BCUT2D eigenvalue weighted by atomic mass is 16.3. The molecule has 1 heteroatoms. The van der Waals surface area contributed by atoms with Gasteiger partial charge in [-0.1, -0.05) is 30.3 Å². The zero-order valence-corrected chi connectivity index (χ0v) is 8.10. The fourth-order valence-corrected chi connectivity index (χ4v) is 1.79. The summed E-state index contributed by atoms with van der Waals surface area (Å²) in [6.45, 7) is 0. The van der Waals surface area contributed by atoms with Gasteiger partial charge in [0.2, 0.25) is 0 Å². The van der Waals surface area contributed by atoms with E-state index >= 15 is 0 Å². The Labute approximate surface area is 88.3 Å². The van der Waals surface area contributed by atoms with E-state index < -0.39 is 0 Å². The van der Waals surface area contributed by atoms with E-state index in [2.05, 4.69) is 24.3 Å². The van der Waals surface area contributed by atoms with Crippen molar-refractivity contribution in [2.24, 2.45) is 0 Å². The molecule has 1 aliphatic heterocycles. The van der Waals surface area contributed by atoms with Crippen molar-refractivity contribution < 1.29 is 4.42 Å². The lowest BCUT2D eigenvalue weighted by Gasteiger charge is -2.02. The predicted octanol–water partition coefficient (Wildman–Crippen LogP) is 3.85. The summed E-state index contributed by atoms with van der Waals surface area (Å²) in [7, 11) is 0. The molecule has 1 heterocycles. The molecule has 0 saturated heterocycles. The van der Waals surface area contributed by atoms with Gasteiger partial charge in [-0.2, -0.15) is 0 Å². The van der Waals surface area contributed by atoms with E-state index in [-0.39, 0.29) is 0 Å². The summed E-state index contributed by atoms with van der Waals surface area (Å²) in [5.74, 6) is 0.948. The SMILES string of the molecule is [c]1ccc(-c2ccc3cccoc2-3)cc1. The van der Waals surface area contributed by atoms with Crippen molar-refractivity contribution in [1.82, 2.24) is 0 Å². The van der Waals surface area contributed by atoms with Crippen LogP contribution in [0.3, 0.4) is 0 Å². The van der Waals surface area contributed by atoms with E-state index in [4.69, 9.17) is 4.42 Å². The van der Waals surface area contributed by atoms with Crippen LogP contribution in [0, 0.1) is 6.07 Å². The first-order valence-electron chi connectivity index (χ1n) is 4.88. The van der Waals surface area contributed by atoms with Crippen LogP contribution in [-0.4, -0.2) is 0 Å². The van der Waals surface area contributed by atoms with Crippen molar-refractivity contribution in [3.8, 4) is 22.5 Å². The highest BCUT2D eigenvalue weighted by Gasteiger charge is 2.11. The minimum absolute atomic E-state index is 0.948. The minimum atomic E-state index is 0.948. The van der Waals surface area contributed by atoms with Crippen molar-refractivity contribution in [3.05, 3.63) is 60.9 Å². The van der Waals surface area contributed by atoms with E-state index in [1.54, 1.807) is 6.26 Å². The summed E-state index contributed by atoms with van der Waals surface area (Å²) in [6.07, 6.45) is 1.71. The average Bonchev–Trinajstić information content (AvgIpc) is 2.74. The zero-order valence-electron chi connectivity index (χ0n) is 8.10. The van der Waals surface area contributed by atoms with Gasteiger partial charge in [0, 0.05) is 11.1 Å². The van der Waals surface area contributed by atoms with Gasteiger partial charge in [0.25, 0.3) is 0 Å². The molecule has 0 N–H and O–H groups in total. The second kappa shape index (κ2) is 3.28. The molecule has 1 aliphatic carbocycles. The number of rotatable bonds is 1. The Balaban J connectivity index is 2.22. The molecule has 1 aromatic rings. The van der Waals surface area contributed by atoms with Gasteiger partial charge >= 0.3 is 0 Å². The molecule has 0 atom stereocenters. The summed E-state index contributed by atoms with van der Waals surface area (Å²) in [4.78, 5) is 0. The van der Waals surface area contributed by atoms with Gasteiger partial charge in [-0.05, 0) is 29.8 Å². The number of benzene rings is 1. The van der Waals surface area contributed by atoms with Crippen molar-refractivity contribution in [1.29, 1.82) is 0 Å². The zero-order chi connectivity index (χ0) is 10.1. The van der Waals surface area contributed by atoms with Crippen LogP contribution < -0.4 is 0 Å². The van der Waals surface area contributed by atoms with Gasteiger partial charge in [0.1, 0.15) is 5.76 Å². The number of hydrogen-bond donors (Lipinski definition) is 0. The first-order valence-corrected chi connectivity index (χ1v) is 4.88. The molecular weight excluding hydrogens is 184 g/mol. The minimum Gasteiger partial charge on any atom is -0.464 e. The second-order valence-electron chi connectivity index (χ2n) is 3.43. The third-order valence-corrected chi connectivity index (χ3v) is 2.51. The van der Waals surface area contributed by atoms with E-state index in [1.165, 1.54) is 5.56 Å². The van der Waals surface area contributed by atoms with Crippen molar-refractivity contribution in [2.45, 2.75) is 0 Å². The normalized spacial score (nSPS) is 10.7. The summed E-state index contributed by atoms with van der Waals surface area (Å²) < 4.78 is 5.53. The third kappa shape index (κ3) is 1.33. The lowest BCUT2D eigenvalue weighted by atomic mass is 10.1. The van der Waals surface area contributed by atoms with Gasteiger partial charge in [-0.25, -0.2) is 0 Å². The van der Waals surface area contributed by atoms with Crippen LogP contribution in [0.15, 0.2) is 59.2 Å². The second-order valence-corrected chi connectivity index (χ2v) is 3.43. The molecule has 0 aromatic heterocycles. The molecule has 1 radical (unpaired) electrons. The van der Waals surface area contributed by atoms with Crippen LogP contribution in [0.25, 0.3) is 22.5 Å². The molecule has 71 valence electrons. The molecule has 0 fully saturated rings. The topological polar surface area (TPSA) is 13.1 Å². The molecule has 1 aromatic carbocycles. The first kappa shape index (κ1) is 8.30. The smallest absolute Gasteiger partial charge is 0.141 e. The van der Waals surface area contributed by atoms with Gasteiger partial charge in [-0.3, -0.25) is 0 Å². The van der Waals surface area contributed by atoms with Crippen LogP contribution >= 0.6 is 0 Å². The number of hydrogen-bond acceptors (Lipinski definition) is 1. The Morgan fingerprint density at radius 3 is 2.60 bits per heavy atom. The lowest BCUT2D eigenvalue weighted by molar-refractivity contribution is 0.568. The lowest BCUT2D eigenvalue weighted by Crippen LogP contribution is -1.77. The molecule has 15 heavy (non-hydrogen) atoms. The van der Waals surface area contributed by atoms with Crippen LogP contribution in [0.5, 0.6) is 0 Å². The summed E-state index contributed by atoms with van der Waals surface area (Å²) >= 11 is 0. The van der Waals surface area contributed by atoms with Crippen LogP contribution in [0.2, 0.25) is 0 Å². The Bertz CT molecular complexity index is 536. The van der Waals surface area contributed by atoms with Gasteiger partial charge in [-0.15, -0.1) is 0 Å². The van der Waals surface area contributed by atoms with Crippen LogP contribution in [-0.2, 0) is 0 Å². The quantitative estimate of drug-likeness (QED) is 0.572. The maximum absolute atomic E-state index is 5.53. The predicted molar refractivity (Wildman–Crippen MR) is 59.6 cm³/mol. The maximum Gasteiger partial charge on any atom is 0.141 e. The van der Waals surface area contributed by atoms with Crippen LogP contribution in [0.1, 0.15) is 0 Å². The third-order valence-electron chi connectivity index (χ3n) is 2.51. The highest BCUT2D eigenvalue weighted by Crippen LogP contribution is 2.34. The summed E-state index contributed by atoms with van der Waals surface area (Å²) in [5.41, 5.74) is 3.44. The van der Waals surface area contributed by atoms with Gasteiger partial charge < -0.3 is 4.42 Å². The monoisotopic (exact) mass is 193 g/mol. The van der Waals surface area contributed by atoms with E-state index in [1.807, 2.05) is 30.3 Å². The van der Waals surface area contributed by atoms with Gasteiger partial charge in [0.05, 0.1) is 6.26 Å². The Morgan fingerprint density at radius 1 is 0.867 bits per heavy atom. The van der Waals surface area contributed by atoms with Crippen molar-refractivity contribution >= 4 is 0 Å². The van der Waals surface area contributed by atoms with Crippen LogP contribution in [0.4, 0.5) is 0 Å². The largest absolute Gasteiger partial charge is 0.464 e. The number of fused-ring (bicyclic) bond motifs is 1. The van der Waals surface area contributed by atoms with Gasteiger partial charge in [0.15, 0.2) is 0 Å². The molecule has 0 unspecified atom stereocenters. The van der Waals surface area contributed by atoms with E-state index in [0.717, 1.165) is 16.9 Å². The molecule has 1 nitrogen and oxygen atoms in total. The fourth-order valence-electron chi connectivity index (χ4n) is 1.79.